The maximum Gasteiger partial charge on any atom is 0.238 e. The molecule has 0 spiro atoms. The Kier molecular flexibility index (Phi) is 2.88. The Labute approximate surface area is 146 Å². The molecule has 0 radical (unpaired) electrons. The first-order chi connectivity index (χ1) is 12.1. The summed E-state index contributed by atoms with van der Waals surface area (Å²) in [5.74, 6) is -0.352. The molecule has 124 valence electrons. The number of nitrogens with zero attached hydrogens (tertiary/aromatic N) is 1. The highest BCUT2D eigenvalue weighted by Crippen LogP contribution is 2.57. The van der Waals surface area contributed by atoms with Crippen LogP contribution in [0, 0.1) is 23.7 Å². The molecule has 1 saturated carbocycles. The van der Waals surface area contributed by atoms with Gasteiger partial charge in [-0.25, -0.2) is 4.90 Å². The fourth-order valence-corrected chi connectivity index (χ4v) is 5.07. The molecule has 4 atom stereocenters. The zero-order valence-electron chi connectivity index (χ0n) is 14.3. The molecule has 2 aromatic carbocycles. The number of rotatable bonds is 1. The molecule has 1 aliphatic heterocycles. The van der Waals surface area contributed by atoms with Crippen molar-refractivity contribution in [2.24, 2.45) is 23.7 Å². The molecule has 2 aliphatic carbocycles. The standard InChI is InChI=1S/C22H19NO2/c1-12(2)18-15-10-11-16(18)20-19(15)21(24)23(22(20)25)17-9-5-7-13-6-3-4-8-14(13)17/h3-11,15-16,19-20H,1-2H3/t15-,16-,19-,20-/m0/s1. The van der Waals surface area contributed by atoms with Gasteiger partial charge in [0.05, 0.1) is 17.5 Å². The van der Waals surface area contributed by atoms with Crippen molar-refractivity contribution in [2.45, 2.75) is 13.8 Å². The summed E-state index contributed by atoms with van der Waals surface area (Å²) in [4.78, 5) is 27.9. The summed E-state index contributed by atoms with van der Waals surface area (Å²) in [5, 5.41) is 2.00. The first-order valence-corrected chi connectivity index (χ1v) is 8.81. The van der Waals surface area contributed by atoms with Gasteiger partial charge in [0, 0.05) is 17.2 Å². The number of carbonyl (C=O) groups excluding carboxylic acids is 2. The third-order valence-corrected chi connectivity index (χ3v) is 6.00. The van der Waals surface area contributed by atoms with Crippen molar-refractivity contribution in [1.29, 1.82) is 0 Å². The van der Waals surface area contributed by atoms with Crippen molar-refractivity contribution in [3.8, 4) is 0 Å². The maximum atomic E-state index is 13.2. The molecule has 0 aromatic heterocycles. The number of hydrogen-bond donors (Lipinski definition) is 0. The molecule has 2 fully saturated rings. The number of benzene rings is 2. The SMILES string of the molecule is CC(C)=C1[C@@H]2C=C[C@@H]1[C@@H]1C(=O)N(c3cccc4ccccc34)C(=O)[C@H]12. The molecule has 3 heteroatoms. The number of imide groups is 1. The molecule has 0 N–H and O–H groups in total. The lowest BCUT2D eigenvalue weighted by molar-refractivity contribution is -0.122. The third-order valence-electron chi connectivity index (χ3n) is 6.00. The minimum atomic E-state index is -0.230. The number of carbonyl (C=O) groups is 2. The Morgan fingerprint density at radius 2 is 1.44 bits per heavy atom. The monoisotopic (exact) mass is 329 g/mol. The van der Waals surface area contributed by atoms with Gasteiger partial charge in [0.2, 0.25) is 11.8 Å². The highest BCUT2D eigenvalue weighted by Gasteiger charge is 2.62. The van der Waals surface area contributed by atoms with Gasteiger partial charge in [0.15, 0.2) is 0 Å². The molecule has 1 saturated heterocycles. The molecular weight excluding hydrogens is 310 g/mol. The van der Waals surface area contributed by atoms with Gasteiger partial charge in [-0.15, -0.1) is 0 Å². The highest BCUT2D eigenvalue weighted by molar-refractivity contribution is 6.25. The Morgan fingerprint density at radius 1 is 0.840 bits per heavy atom. The van der Waals surface area contributed by atoms with Crippen LogP contribution in [0.5, 0.6) is 0 Å². The van der Waals surface area contributed by atoms with Gasteiger partial charge in [0.25, 0.3) is 0 Å². The molecule has 0 unspecified atom stereocenters. The van der Waals surface area contributed by atoms with E-state index in [1.807, 2.05) is 42.5 Å². The number of fused-ring (bicyclic) bond motifs is 6. The second-order valence-electron chi connectivity index (χ2n) is 7.45. The van der Waals surface area contributed by atoms with Gasteiger partial charge >= 0.3 is 0 Å². The predicted molar refractivity (Wildman–Crippen MR) is 97.9 cm³/mol. The molecule has 2 amide bonds. The van der Waals surface area contributed by atoms with Gasteiger partial charge in [-0.1, -0.05) is 59.7 Å². The first-order valence-electron chi connectivity index (χ1n) is 8.81. The van der Waals surface area contributed by atoms with E-state index in [0.29, 0.717) is 0 Å². The summed E-state index contributed by atoms with van der Waals surface area (Å²) >= 11 is 0. The Balaban J connectivity index is 1.65. The third kappa shape index (κ3) is 1.76. The fourth-order valence-electron chi connectivity index (χ4n) is 5.07. The minimum absolute atomic E-state index is 0.0399. The van der Waals surface area contributed by atoms with Gasteiger partial charge in [0.1, 0.15) is 0 Å². The lowest BCUT2D eigenvalue weighted by Crippen LogP contribution is -2.33. The molecular formula is C22H19NO2. The van der Waals surface area contributed by atoms with E-state index in [0.717, 1.165) is 16.5 Å². The summed E-state index contributed by atoms with van der Waals surface area (Å²) in [6.45, 7) is 4.17. The summed E-state index contributed by atoms with van der Waals surface area (Å²) in [6, 6.07) is 13.7. The largest absolute Gasteiger partial charge is 0.274 e. The van der Waals surface area contributed by atoms with E-state index in [-0.39, 0.29) is 35.5 Å². The van der Waals surface area contributed by atoms with E-state index in [1.54, 1.807) is 0 Å². The normalized spacial score (nSPS) is 29.8. The van der Waals surface area contributed by atoms with Crippen LogP contribution < -0.4 is 4.90 Å². The van der Waals surface area contributed by atoms with Crippen LogP contribution in [0.1, 0.15) is 13.8 Å². The maximum absolute atomic E-state index is 13.2. The molecule has 25 heavy (non-hydrogen) atoms. The van der Waals surface area contributed by atoms with Crippen molar-refractivity contribution in [3.63, 3.8) is 0 Å². The van der Waals surface area contributed by atoms with E-state index in [1.165, 1.54) is 16.0 Å². The molecule has 1 heterocycles. The van der Waals surface area contributed by atoms with Crippen molar-refractivity contribution in [3.05, 3.63) is 65.8 Å². The van der Waals surface area contributed by atoms with Crippen LogP contribution in [0.4, 0.5) is 5.69 Å². The smallest absolute Gasteiger partial charge is 0.238 e. The van der Waals surface area contributed by atoms with Gasteiger partial charge in [-0.2, -0.15) is 0 Å². The van der Waals surface area contributed by atoms with Crippen LogP contribution in [0.2, 0.25) is 0 Å². The Hall–Kier alpha value is -2.68. The zero-order valence-corrected chi connectivity index (χ0v) is 14.3. The molecule has 5 rings (SSSR count). The minimum Gasteiger partial charge on any atom is -0.274 e. The second kappa shape index (κ2) is 4.92. The van der Waals surface area contributed by atoms with Crippen molar-refractivity contribution in [1.82, 2.24) is 0 Å². The van der Waals surface area contributed by atoms with Crippen LogP contribution in [-0.4, -0.2) is 11.8 Å². The summed E-state index contributed by atoms with van der Waals surface area (Å²) in [6.07, 6.45) is 4.26. The van der Waals surface area contributed by atoms with Crippen molar-refractivity contribution in [2.75, 3.05) is 4.90 Å². The van der Waals surface area contributed by atoms with Gasteiger partial charge < -0.3 is 0 Å². The van der Waals surface area contributed by atoms with E-state index >= 15 is 0 Å². The molecule has 3 aliphatic rings. The molecule has 2 bridgehead atoms. The summed E-state index contributed by atoms with van der Waals surface area (Å²) in [5.41, 5.74) is 3.25. The predicted octanol–water partition coefficient (Wildman–Crippen LogP) is 4.10. The average Bonchev–Trinajstić information content (AvgIpc) is 3.25. The van der Waals surface area contributed by atoms with Gasteiger partial charge in [-0.05, 0) is 25.3 Å². The van der Waals surface area contributed by atoms with Crippen LogP contribution in [-0.2, 0) is 9.59 Å². The van der Waals surface area contributed by atoms with Crippen LogP contribution in [0.3, 0.4) is 0 Å². The highest BCUT2D eigenvalue weighted by atomic mass is 16.2. The lowest BCUT2D eigenvalue weighted by atomic mass is 9.85. The number of amides is 2. The molecule has 2 aromatic rings. The Bertz CT molecular complexity index is 957. The van der Waals surface area contributed by atoms with Crippen molar-refractivity contribution >= 4 is 28.3 Å². The average molecular weight is 329 g/mol. The molecule has 3 nitrogen and oxygen atoms in total. The lowest BCUT2D eigenvalue weighted by Gasteiger charge is -2.20. The van der Waals surface area contributed by atoms with Gasteiger partial charge in [-0.3, -0.25) is 9.59 Å². The van der Waals surface area contributed by atoms with Crippen molar-refractivity contribution < 1.29 is 9.59 Å². The van der Waals surface area contributed by atoms with Crippen LogP contribution >= 0.6 is 0 Å². The van der Waals surface area contributed by atoms with Crippen LogP contribution in [0.15, 0.2) is 65.8 Å². The quantitative estimate of drug-likeness (QED) is 0.583. The zero-order chi connectivity index (χ0) is 17.3. The van der Waals surface area contributed by atoms with E-state index in [9.17, 15) is 9.59 Å². The first kappa shape index (κ1) is 14.6. The number of hydrogen-bond acceptors (Lipinski definition) is 2. The van der Waals surface area contributed by atoms with E-state index < -0.39 is 0 Å². The van der Waals surface area contributed by atoms with E-state index in [4.69, 9.17) is 0 Å². The summed E-state index contributed by atoms with van der Waals surface area (Å²) in [7, 11) is 0. The number of allylic oxidation sites excluding steroid dienone is 4. The second-order valence-corrected chi connectivity index (χ2v) is 7.45. The van der Waals surface area contributed by atoms with E-state index in [2.05, 4.69) is 26.0 Å². The Morgan fingerprint density at radius 3 is 2.08 bits per heavy atom. The summed E-state index contributed by atoms with van der Waals surface area (Å²) < 4.78 is 0. The topological polar surface area (TPSA) is 37.4 Å². The fraction of sp³-hybridized carbons (Fsp3) is 0.273. The number of anilines is 1. The van der Waals surface area contributed by atoms with Crippen LogP contribution in [0.25, 0.3) is 10.8 Å².